The normalized spacial score (nSPS) is 11.5. The first-order valence-corrected chi connectivity index (χ1v) is 12.5. The van der Waals surface area contributed by atoms with E-state index in [1.807, 2.05) is 6.92 Å². The number of benzene rings is 2. The molecule has 0 aliphatic rings. The number of carbonyl (C=O) groups is 2. The highest BCUT2D eigenvalue weighted by Crippen LogP contribution is 2.43. The predicted molar refractivity (Wildman–Crippen MR) is 141 cm³/mol. The third-order valence-corrected chi connectivity index (χ3v) is 6.96. The van der Waals surface area contributed by atoms with Gasteiger partial charge in [0.2, 0.25) is 0 Å². The lowest BCUT2D eigenvalue weighted by atomic mass is 10.00. The van der Waals surface area contributed by atoms with Crippen LogP contribution in [0.2, 0.25) is 0 Å². The summed E-state index contributed by atoms with van der Waals surface area (Å²) in [5.41, 5.74) is 5.74. The molecule has 204 valence electrons. The Hall–Kier alpha value is -4.71. The summed E-state index contributed by atoms with van der Waals surface area (Å²) in [5.74, 6) is -1.63. The minimum Gasteiger partial charge on any atom is -0.486 e. The zero-order chi connectivity index (χ0) is 28.6. The summed E-state index contributed by atoms with van der Waals surface area (Å²) in [6.07, 6.45) is -4.76. The molecule has 0 fully saturated rings. The highest BCUT2D eigenvalue weighted by atomic mass is 32.1. The molecule has 0 spiro atoms. The van der Waals surface area contributed by atoms with Gasteiger partial charge in [-0.1, -0.05) is 29.8 Å². The third kappa shape index (κ3) is 5.52. The van der Waals surface area contributed by atoms with Crippen molar-refractivity contribution in [1.82, 2.24) is 4.98 Å². The van der Waals surface area contributed by atoms with Crippen LogP contribution in [0.3, 0.4) is 0 Å². The molecule has 0 bridgehead atoms. The number of nitrogens with two attached hydrogens (primary N) is 1. The number of anilines is 1. The van der Waals surface area contributed by atoms with Crippen LogP contribution in [0.25, 0.3) is 21.3 Å². The van der Waals surface area contributed by atoms with Crippen molar-refractivity contribution in [2.75, 3.05) is 5.32 Å². The number of fused-ring (bicyclic) bond motifs is 1. The van der Waals surface area contributed by atoms with Crippen molar-refractivity contribution in [1.29, 1.82) is 0 Å². The molecule has 0 aliphatic carbocycles. The average Bonchev–Trinajstić information content (AvgIpc) is 3.53. The van der Waals surface area contributed by atoms with Gasteiger partial charge in [0.1, 0.15) is 39.3 Å². The first-order valence-electron chi connectivity index (χ1n) is 11.7. The number of thiophene rings is 1. The summed E-state index contributed by atoms with van der Waals surface area (Å²) in [4.78, 5) is 28.9. The fourth-order valence-electron chi connectivity index (χ4n) is 3.94. The Morgan fingerprint density at radius 1 is 1.05 bits per heavy atom. The largest absolute Gasteiger partial charge is 0.486 e. The number of ether oxygens (including phenoxy) is 1. The highest BCUT2D eigenvalue weighted by molar-refractivity contribution is 7.21. The Balaban J connectivity index is 1.51. The van der Waals surface area contributed by atoms with E-state index in [1.54, 1.807) is 24.3 Å². The molecule has 5 rings (SSSR count). The maximum atomic E-state index is 13.7. The van der Waals surface area contributed by atoms with E-state index in [4.69, 9.17) is 14.9 Å². The van der Waals surface area contributed by atoms with E-state index in [2.05, 4.69) is 10.3 Å². The number of aryl methyl sites for hydroxylation is 1. The van der Waals surface area contributed by atoms with Crippen LogP contribution < -0.4 is 15.8 Å². The van der Waals surface area contributed by atoms with Crippen LogP contribution in [-0.2, 0) is 12.8 Å². The maximum Gasteiger partial charge on any atom is 0.433 e. The van der Waals surface area contributed by atoms with E-state index >= 15 is 0 Å². The van der Waals surface area contributed by atoms with Crippen LogP contribution >= 0.6 is 11.3 Å². The number of nitrogens with one attached hydrogen (secondary N) is 1. The van der Waals surface area contributed by atoms with Gasteiger partial charge in [-0.15, -0.1) is 11.3 Å². The van der Waals surface area contributed by atoms with Crippen molar-refractivity contribution in [2.24, 2.45) is 5.73 Å². The van der Waals surface area contributed by atoms with Gasteiger partial charge >= 0.3 is 6.18 Å². The van der Waals surface area contributed by atoms with Crippen LogP contribution in [0.5, 0.6) is 5.75 Å². The molecule has 5 aromatic rings. The van der Waals surface area contributed by atoms with Gasteiger partial charge in [-0.3, -0.25) is 9.59 Å². The highest BCUT2D eigenvalue weighted by Gasteiger charge is 2.35. The quantitative estimate of drug-likeness (QED) is 0.206. The molecular formula is C28H19F4N3O4S. The number of primary amides is 1. The van der Waals surface area contributed by atoms with Crippen LogP contribution in [0.15, 0.2) is 71.1 Å². The number of carbonyl (C=O) groups excluding carboxylic acids is 2. The second kappa shape index (κ2) is 10.5. The van der Waals surface area contributed by atoms with E-state index in [0.29, 0.717) is 22.6 Å². The van der Waals surface area contributed by atoms with Crippen LogP contribution in [0.1, 0.15) is 37.2 Å². The third-order valence-electron chi connectivity index (χ3n) is 5.86. The molecule has 0 atom stereocenters. The fraction of sp³-hybridized carbons (Fsp3) is 0.107. The minimum absolute atomic E-state index is 0.0610. The number of alkyl halides is 3. The number of halogens is 4. The number of aromatic nitrogens is 1. The van der Waals surface area contributed by atoms with Crippen molar-refractivity contribution in [3.05, 3.63) is 100 Å². The lowest BCUT2D eigenvalue weighted by Gasteiger charge is -2.12. The van der Waals surface area contributed by atoms with Gasteiger partial charge in [0.15, 0.2) is 5.76 Å². The number of pyridine rings is 1. The van der Waals surface area contributed by atoms with Crippen molar-refractivity contribution in [2.45, 2.75) is 19.7 Å². The van der Waals surface area contributed by atoms with Crippen molar-refractivity contribution >= 4 is 39.1 Å². The van der Waals surface area contributed by atoms with E-state index in [0.717, 1.165) is 11.6 Å². The van der Waals surface area contributed by atoms with E-state index in [-0.39, 0.29) is 44.5 Å². The summed E-state index contributed by atoms with van der Waals surface area (Å²) in [5, 5.41) is 2.71. The van der Waals surface area contributed by atoms with Crippen molar-refractivity contribution < 1.29 is 36.3 Å². The van der Waals surface area contributed by atoms with Crippen LogP contribution in [0.4, 0.5) is 23.2 Å². The van der Waals surface area contributed by atoms with Gasteiger partial charge in [-0.2, -0.15) is 13.2 Å². The summed E-state index contributed by atoms with van der Waals surface area (Å²) in [6, 6.07) is 15.8. The number of amides is 2. The summed E-state index contributed by atoms with van der Waals surface area (Å²) >= 11 is 0.646. The van der Waals surface area contributed by atoms with Crippen LogP contribution in [0, 0.1) is 12.7 Å². The number of nitrogens with zero attached hydrogens (tertiary/aromatic N) is 1. The number of hydrogen-bond acceptors (Lipinski definition) is 6. The monoisotopic (exact) mass is 569 g/mol. The van der Waals surface area contributed by atoms with E-state index < -0.39 is 29.5 Å². The zero-order valence-corrected chi connectivity index (χ0v) is 21.5. The van der Waals surface area contributed by atoms with E-state index in [9.17, 15) is 27.2 Å². The standard InChI is InChI=1S/C28H19F4N3O4S/c1-14-2-4-15(5-3-14)19-12-21(28(30,31)32)34-27-22(19)23(24(40-27)25(33)36)35-26(37)20-11-10-18(39-20)13-38-17-8-6-16(29)7-9-17/h2-12H,13H2,1H3,(H2,33,36)(H,35,37). The van der Waals surface area contributed by atoms with E-state index in [1.165, 1.54) is 36.4 Å². The molecular weight excluding hydrogens is 550 g/mol. The number of furan rings is 1. The average molecular weight is 570 g/mol. The van der Waals surface area contributed by atoms with Gasteiger partial charge in [-0.25, -0.2) is 9.37 Å². The lowest BCUT2D eigenvalue weighted by molar-refractivity contribution is -0.140. The maximum absolute atomic E-state index is 13.7. The van der Waals surface area contributed by atoms with Gasteiger partial charge in [0.25, 0.3) is 11.8 Å². The SMILES string of the molecule is Cc1ccc(-c2cc(C(F)(F)F)nc3sc(C(N)=O)c(NC(=O)c4ccc(COc5ccc(F)cc5)o4)c23)cc1. The first-order chi connectivity index (χ1) is 19.0. The Morgan fingerprint density at radius 3 is 2.40 bits per heavy atom. The van der Waals surface area contributed by atoms with Crippen molar-refractivity contribution in [3.8, 4) is 16.9 Å². The molecule has 0 unspecified atom stereocenters. The Bertz CT molecular complexity index is 1730. The van der Waals surface area contributed by atoms with Gasteiger partial charge in [0, 0.05) is 5.39 Å². The molecule has 0 saturated carbocycles. The molecule has 3 N–H and O–H groups in total. The molecule has 0 saturated heterocycles. The second-order valence-electron chi connectivity index (χ2n) is 8.73. The number of rotatable bonds is 7. The Kier molecular flexibility index (Phi) is 7.03. The molecule has 0 aliphatic heterocycles. The van der Waals surface area contributed by atoms with Crippen molar-refractivity contribution in [3.63, 3.8) is 0 Å². The molecule has 40 heavy (non-hydrogen) atoms. The molecule has 0 radical (unpaired) electrons. The Morgan fingerprint density at radius 2 is 1.75 bits per heavy atom. The van der Waals surface area contributed by atoms with Crippen LogP contribution in [-0.4, -0.2) is 16.8 Å². The van der Waals surface area contributed by atoms with Gasteiger partial charge in [0.05, 0.1) is 5.69 Å². The molecule has 3 aromatic heterocycles. The summed E-state index contributed by atoms with van der Waals surface area (Å²) in [7, 11) is 0. The fourth-order valence-corrected chi connectivity index (χ4v) is 4.94. The molecule has 12 heteroatoms. The molecule has 3 heterocycles. The zero-order valence-electron chi connectivity index (χ0n) is 20.6. The van der Waals surface area contributed by atoms with Gasteiger partial charge < -0.3 is 20.2 Å². The lowest BCUT2D eigenvalue weighted by Crippen LogP contribution is -2.16. The second-order valence-corrected chi connectivity index (χ2v) is 9.73. The first kappa shape index (κ1) is 26.9. The molecule has 7 nitrogen and oxygen atoms in total. The molecule has 2 aromatic carbocycles. The summed E-state index contributed by atoms with van der Waals surface area (Å²) in [6.45, 7) is 1.77. The van der Waals surface area contributed by atoms with Gasteiger partial charge in [-0.05, 0) is 60.5 Å². The predicted octanol–water partition coefficient (Wildman–Crippen LogP) is 6.95. The molecule has 2 amide bonds. The number of hydrogen-bond donors (Lipinski definition) is 2. The Labute approximate surface area is 228 Å². The smallest absolute Gasteiger partial charge is 0.433 e. The summed E-state index contributed by atoms with van der Waals surface area (Å²) < 4.78 is 65.3. The topological polar surface area (TPSA) is 107 Å². The minimum atomic E-state index is -4.76.